The summed E-state index contributed by atoms with van der Waals surface area (Å²) >= 11 is 12.1. The predicted octanol–water partition coefficient (Wildman–Crippen LogP) is 4.41. The van der Waals surface area contributed by atoms with Crippen molar-refractivity contribution in [1.29, 1.82) is 5.41 Å². The van der Waals surface area contributed by atoms with E-state index in [2.05, 4.69) is 0 Å². The Bertz CT molecular complexity index is 871. The molecule has 5 nitrogen and oxygen atoms in total. The zero-order chi connectivity index (χ0) is 20.0. The Balaban J connectivity index is 1.86. The first kappa shape index (κ1) is 20.8. The van der Waals surface area contributed by atoms with Crippen LogP contribution in [0.1, 0.15) is 34.3 Å². The van der Waals surface area contributed by atoms with E-state index >= 15 is 0 Å². The van der Waals surface area contributed by atoms with Gasteiger partial charge in [-0.2, -0.15) is 0 Å². The molecule has 0 aliphatic rings. The fraction of sp³-hybridized carbons (Fsp3) is 0.200. The number of carbonyl (C=O) groups is 3. The van der Waals surface area contributed by atoms with E-state index in [4.69, 9.17) is 33.7 Å². The van der Waals surface area contributed by atoms with Crippen LogP contribution in [0.2, 0.25) is 10.0 Å². The Labute approximate surface area is 166 Å². The van der Waals surface area contributed by atoms with Crippen molar-refractivity contribution in [3.05, 3.63) is 69.2 Å². The maximum Gasteiger partial charge on any atom is 0.335 e. The number of halogens is 2. The third kappa shape index (κ3) is 6.31. The summed E-state index contributed by atoms with van der Waals surface area (Å²) in [5.74, 6) is -1.49. The van der Waals surface area contributed by atoms with Crippen LogP contribution in [0.3, 0.4) is 0 Å². The van der Waals surface area contributed by atoms with Gasteiger partial charge in [-0.25, -0.2) is 4.79 Å². The second-order valence-electron chi connectivity index (χ2n) is 6.09. The van der Waals surface area contributed by atoms with E-state index in [0.717, 1.165) is 0 Å². The van der Waals surface area contributed by atoms with Crippen LogP contribution < -0.4 is 0 Å². The van der Waals surface area contributed by atoms with E-state index in [1.54, 1.807) is 30.3 Å². The summed E-state index contributed by atoms with van der Waals surface area (Å²) in [6, 6.07) is 10.9. The van der Waals surface area contributed by atoms with Crippen molar-refractivity contribution >= 4 is 46.4 Å². The van der Waals surface area contributed by atoms with Crippen molar-refractivity contribution in [1.82, 2.24) is 0 Å². The number of ketones is 2. The average Bonchev–Trinajstić information content (AvgIpc) is 2.58. The van der Waals surface area contributed by atoms with E-state index in [-0.39, 0.29) is 48.5 Å². The maximum atomic E-state index is 12.1. The number of hydrogen-bond acceptors (Lipinski definition) is 4. The molecule has 0 amide bonds. The highest BCUT2D eigenvalue weighted by molar-refractivity contribution is 6.36. The van der Waals surface area contributed by atoms with Gasteiger partial charge in [0.15, 0.2) is 0 Å². The van der Waals surface area contributed by atoms with E-state index in [1.165, 1.54) is 12.1 Å². The maximum absolute atomic E-state index is 12.1. The molecule has 0 radical (unpaired) electrons. The van der Waals surface area contributed by atoms with Crippen molar-refractivity contribution < 1.29 is 19.5 Å². The number of aromatic carboxylic acids is 1. The number of carbonyl (C=O) groups excluding carboxylic acids is 2. The van der Waals surface area contributed by atoms with Crippen LogP contribution in [0.25, 0.3) is 0 Å². The normalized spacial score (nSPS) is 10.4. The lowest BCUT2D eigenvalue weighted by atomic mass is 9.99. The summed E-state index contributed by atoms with van der Waals surface area (Å²) in [4.78, 5) is 35.0. The molecule has 2 aromatic carbocycles. The number of hydrogen-bond donors (Lipinski definition) is 2. The van der Waals surface area contributed by atoms with Crippen LogP contribution in [0.4, 0.5) is 0 Å². The van der Waals surface area contributed by atoms with Crippen LogP contribution in [0, 0.1) is 5.41 Å². The standard InChI is InChI=1S/C20H17Cl2NO4/c21-18-2-1-3-19(22)17(18)11-16(25)10-14(23)9-15(24)8-12-4-6-13(7-5-12)20(26)27/h1-7,23H,8-11H2,(H,26,27). The Morgan fingerprint density at radius 3 is 1.89 bits per heavy atom. The van der Waals surface area contributed by atoms with Gasteiger partial charge in [0.2, 0.25) is 0 Å². The van der Waals surface area contributed by atoms with Crippen molar-refractivity contribution in [3.8, 4) is 0 Å². The van der Waals surface area contributed by atoms with E-state index < -0.39 is 5.97 Å². The Morgan fingerprint density at radius 2 is 1.37 bits per heavy atom. The number of nitrogens with one attached hydrogen (secondary N) is 1. The van der Waals surface area contributed by atoms with E-state index in [0.29, 0.717) is 21.2 Å². The highest BCUT2D eigenvalue weighted by Crippen LogP contribution is 2.25. The molecule has 140 valence electrons. The van der Waals surface area contributed by atoms with Crippen molar-refractivity contribution in [3.63, 3.8) is 0 Å². The molecule has 0 fully saturated rings. The molecule has 0 bridgehead atoms. The Kier molecular flexibility index (Phi) is 7.28. The van der Waals surface area contributed by atoms with Crippen molar-refractivity contribution in [2.24, 2.45) is 0 Å². The molecule has 2 aromatic rings. The van der Waals surface area contributed by atoms with Crippen molar-refractivity contribution in [2.75, 3.05) is 0 Å². The minimum Gasteiger partial charge on any atom is -0.478 e. The largest absolute Gasteiger partial charge is 0.478 e. The molecule has 0 unspecified atom stereocenters. The fourth-order valence-corrected chi connectivity index (χ4v) is 3.09. The molecule has 0 aliphatic heterocycles. The second kappa shape index (κ2) is 9.44. The lowest BCUT2D eigenvalue weighted by Crippen LogP contribution is -2.15. The SMILES string of the molecule is N=C(CC(=O)Cc1ccc(C(=O)O)cc1)CC(=O)Cc1c(Cl)cccc1Cl. The molecule has 2 N–H and O–H groups in total. The van der Waals surface area contributed by atoms with Crippen LogP contribution in [0.15, 0.2) is 42.5 Å². The summed E-state index contributed by atoms with van der Waals surface area (Å²) in [6.07, 6.45) is -0.202. The zero-order valence-corrected chi connectivity index (χ0v) is 15.8. The van der Waals surface area contributed by atoms with Crippen LogP contribution in [-0.2, 0) is 22.4 Å². The van der Waals surface area contributed by atoms with E-state index in [9.17, 15) is 14.4 Å². The first-order valence-corrected chi connectivity index (χ1v) is 8.86. The molecular formula is C20H17Cl2NO4. The molecule has 0 heterocycles. The summed E-state index contributed by atoms with van der Waals surface area (Å²) in [7, 11) is 0. The third-order valence-electron chi connectivity index (χ3n) is 3.86. The van der Waals surface area contributed by atoms with Gasteiger partial charge in [0.1, 0.15) is 11.6 Å². The highest BCUT2D eigenvalue weighted by atomic mass is 35.5. The molecule has 2 rings (SSSR count). The molecule has 0 aliphatic carbocycles. The fourth-order valence-electron chi connectivity index (χ4n) is 2.55. The van der Waals surface area contributed by atoms with Crippen LogP contribution in [-0.4, -0.2) is 28.4 Å². The number of Topliss-reactive ketones (excluding diaryl/α,β-unsaturated/α-hetero) is 2. The number of rotatable bonds is 9. The van der Waals surface area contributed by atoms with Gasteiger partial charge in [0, 0.05) is 41.4 Å². The quantitative estimate of drug-likeness (QED) is 0.603. The smallest absolute Gasteiger partial charge is 0.335 e. The van der Waals surface area contributed by atoms with Crippen LogP contribution >= 0.6 is 23.2 Å². The van der Waals surface area contributed by atoms with Gasteiger partial charge < -0.3 is 10.5 Å². The first-order chi connectivity index (χ1) is 12.8. The lowest BCUT2D eigenvalue weighted by molar-refractivity contribution is -0.117. The van der Waals surface area contributed by atoms with Gasteiger partial charge in [0.05, 0.1) is 5.56 Å². The molecule has 27 heavy (non-hydrogen) atoms. The summed E-state index contributed by atoms with van der Waals surface area (Å²) < 4.78 is 0. The molecule has 0 spiro atoms. The number of benzene rings is 2. The lowest BCUT2D eigenvalue weighted by Gasteiger charge is -2.07. The monoisotopic (exact) mass is 405 g/mol. The van der Waals surface area contributed by atoms with Gasteiger partial charge in [-0.15, -0.1) is 0 Å². The van der Waals surface area contributed by atoms with Crippen molar-refractivity contribution in [2.45, 2.75) is 25.7 Å². The first-order valence-electron chi connectivity index (χ1n) is 8.11. The predicted molar refractivity (Wildman–Crippen MR) is 104 cm³/mol. The molecular weight excluding hydrogens is 389 g/mol. The molecule has 0 saturated heterocycles. The second-order valence-corrected chi connectivity index (χ2v) is 6.90. The Morgan fingerprint density at radius 1 is 0.852 bits per heavy atom. The molecule has 0 atom stereocenters. The number of carboxylic acid groups (broad SMARTS) is 1. The molecule has 0 aromatic heterocycles. The summed E-state index contributed by atoms with van der Waals surface area (Å²) in [6.45, 7) is 0. The molecule has 0 saturated carbocycles. The zero-order valence-electron chi connectivity index (χ0n) is 14.3. The molecule has 7 heteroatoms. The van der Waals surface area contributed by atoms with Gasteiger partial charge in [-0.05, 0) is 35.4 Å². The van der Waals surface area contributed by atoms with Gasteiger partial charge in [-0.3, -0.25) is 9.59 Å². The minimum absolute atomic E-state index is 0.00568. The van der Waals surface area contributed by atoms with Gasteiger partial charge >= 0.3 is 5.97 Å². The summed E-state index contributed by atoms with van der Waals surface area (Å²) in [5, 5.41) is 17.5. The Hall–Kier alpha value is -2.50. The van der Waals surface area contributed by atoms with Gasteiger partial charge in [0.25, 0.3) is 0 Å². The third-order valence-corrected chi connectivity index (χ3v) is 4.57. The summed E-state index contributed by atoms with van der Waals surface area (Å²) in [5.41, 5.74) is 1.34. The number of carboxylic acids is 1. The van der Waals surface area contributed by atoms with E-state index in [1.807, 2.05) is 0 Å². The topological polar surface area (TPSA) is 95.3 Å². The van der Waals surface area contributed by atoms with Crippen LogP contribution in [0.5, 0.6) is 0 Å². The minimum atomic E-state index is -1.04. The highest BCUT2D eigenvalue weighted by Gasteiger charge is 2.15. The van der Waals surface area contributed by atoms with Gasteiger partial charge in [-0.1, -0.05) is 41.4 Å². The average molecular weight is 406 g/mol.